The molecular weight excluding hydrogens is 164 g/mol. The van der Waals surface area contributed by atoms with Crippen LogP contribution in [0.4, 0.5) is 0 Å². The Kier molecular flexibility index (Phi) is 1.95. The molecule has 2 nitrogen and oxygen atoms in total. The number of hydrogen-bond donors (Lipinski definition) is 1. The summed E-state index contributed by atoms with van der Waals surface area (Å²) >= 11 is 0. The van der Waals surface area contributed by atoms with Gasteiger partial charge in [0.2, 0.25) is 0 Å². The predicted octanol–water partition coefficient (Wildman–Crippen LogP) is 2.57. The molecule has 72 valence electrons. The summed E-state index contributed by atoms with van der Waals surface area (Å²) in [6.07, 6.45) is 5.64. The molecule has 2 aliphatic rings. The van der Waals surface area contributed by atoms with Crippen molar-refractivity contribution in [3.05, 3.63) is 23.5 Å². The Hall–Kier alpha value is -0.760. The van der Waals surface area contributed by atoms with E-state index in [-0.39, 0.29) is 5.60 Å². The minimum Gasteiger partial charge on any atom is -0.512 e. The van der Waals surface area contributed by atoms with Crippen LogP contribution in [0.25, 0.3) is 0 Å². The third kappa shape index (κ3) is 1.51. The van der Waals surface area contributed by atoms with E-state index in [1.54, 1.807) is 6.08 Å². The van der Waals surface area contributed by atoms with Crippen molar-refractivity contribution >= 4 is 0 Å². The lowest BCUT2D eigenvalue weighted by Crippen LogP contribution is -2.38. The van der Waals surface area contributed by atoms with Crippen molar-refractivity contribution in [2.24, 2.45) is 5.92 Å². The van der Waals surface area contributed by atoms with Crippen molar-refractivity contribution in [3.63, 3.8) is 0 Å². The van der Waals surface area contributed by atoms with E-state index in [4.69, 9.17) is 4.74 Å². The molecule has 0 aromatic rings. The molecule has 1 aliphatic carbocycles. The van der Waals surface area contributed by atoms with E-state index in [0.717, 1.165) is 19.4 Å². The molecule has 1 heterocycles. The van der Waals surface area contributed by atoms with Crippen molar-refractivity contribution in [2.45, 2.75) is 32.3 Å². The van der Waals surface area contributed by atoms with Gasteiger partial charge in [-0.15, -0.1) is 0 Å². The third-order valence-electron chi connectivity index (χ3n) is 2.98. The minimum atomic E-state index is -0.139. The first kappa shape index (κ1) is 8.82. The number of ether oxygens (including phenoxy) is 1. The summed E-state index contributed by atoms with van der Waals surface area (Å²) < 4.78 is 5.69. The second kappa shape index (κ2) is 2.88. The highest BCUT2D eigenvalue weighted by atomic mass is 16.5. The zero-order valence-electron chi connectivity index (χ0n) is 8.21. The largest absolute Gasteiger partial charge is 0.512 e. The zero-order valence-corrected chi connectivity index (χ0v) is 8.21. The van der Waals surface area contributed by atoms with E-state index in [1.165, 1.54) is 5.57 Å². The first-order valence-electron chi connectivity index (χ1n) is 4.84. The highest BCUT2D eigenvalue weighted by Gasteiger charge is 2.35. The van der Waals surface area contributed by atoms with E-state index < -0.39 is 0 Å². The van der Waals surface area contributed by atoms with Gasteiger partial charge in [0.15, 0.2) is 0 Å². The molecule has 0 aromatic carbocycles. The standard InChI is InChI=1S/C11H16O2/c1-11(2)10-4-3-9(12)7-8(10)5-6-13-11/h3-4,8,12H,5-7H2,1-2H3. The van der Waals surface area contributed by atoms with Crippen LogP contribution in [0.2, 0.25) is 0 Å². The summed E-state index contributed by atoms with van der Waals surface area (Å²) in [7, 11) is 0. The van der Waals surface area contributed by atoms with Crippen LogP contribution in [0.15, 0.2) is 23.5 Å². The van der Waals surface area contributed by atoms with Gasteiger partial charge in [0.1, 0.15) is 0 Å². The van der Waals surface area contributed by atoms with Gasteiger partial charge in [-0.25, -0.2) is 0 Å². The molecule has 0 aromatic heterocycles. The van der Waals surface area contributed by atoms with E-state index in [1.807, 2.05) is 6.08 Å². The van der Waals surface area contributed by atoms with Crippen LogP contribution in [0, 0.1) is 5.92 Å². The highest BCUT2D eigenvalue weighted by Crippen LogP contribution is 2.39. The summed E-state index contributed by atoms with van der Waals surface area (Å²) in [4.78, 5) is 0. The number of fused-ring (bicyclic) bond motifs is 1. The molecule has 13 heavy (non-hydrogen) atoms. The van der Waals surface area contributed by atoms with Crippen molar-refractivity contribution in [3.8, 4) is 0 Å². The Morgan fingerprint density at radius 1 is 1.46 bits per heavy atom. The maximum atomic E-state index is 9.39. The number of aliphatic hydroxyl groups is 1. The van der Waals surface area contributed by atoms with Gasteiger partial charge < -0.3 is 9.84 Å². The zero-order chi connectivity index (χ0) is 9.47. The molecule has 1 atom stereocenters. The van der Waals surface area contributed by atoms with Gasteiger partial charge in [-0.2, -0.15) is 0 Å². The molecule has 0 amide bonds. The van der Waals surface area contributed by atoms with Gasteiger partial charge in [0, 0.05) is 13.0 Å². The third-order valence-corrected chi connectivity index (χ3v) is 2.98. The van der Waals surface area contributed by atoms with Crippen LogP contribution in [0.1, 0.15) is 26.7 Å². The van der Waals surface area contributed by atoms with Gasteiger partial charge in [0.25, 0.3) is 0 Å². The number of hydrogen-bond acceptors (Lipinski definition) is 2. The summed E-state index contributed by atoms with van der Waals surface area (Å²) in [5, 5.41) is 9.39. The average Bonchev–Trinajstić information content (AvgIpc) is 2.02. The Bertz CT molecular complexity index is 274. The van der Waals surface area contributed by atoms with E-state index in [2.05, 4.69) is 13.8 Å². The second-order valence-electron chi connectivity index (χ2n) is 4.33. The molecule has 0 radical (unpaired) electrons. The maximum Gasteiger partial charge on any atom is 0.0928 e. The van der Waals surface area contributed by atoms with Crippen LogP contribution >= 0.6 is 0 Å². The van der Waals surface area contributed by atoms with Gasteiger partial charge in [0.05, 0.1) is 11.4 Å². The molecule has 1 aliphatic heterocycles. The van der Waals surface area contributed by atoms with Crippen molar-refractivity contribution in [1.29, 1.82) is 0 Å². The van der Waals surface area contributed by atoms with Crippen molar-refractivity contribution in [2.75, 3.05) is 6.61 Å². The molecule has 1 unspecified atom stereocenters. The monoisotopic (exact) mass is 180 g/mol. The summed E-state index contributed by atoms with van der Waals surface area (Å²) in [6.45, 7) is 5.00. The smallest absolute Gasteiger partial charge is 0.0928 e. The summed E-state index contributed by atoms with van der Waals surface area (Å²) in [6, 6.07) is 0. The number of rotatable bonds is 0. The lowest BCUT2D eigenvalue weighted by Gasteiger charge is -2.40. The Balaban J connectivity index is 2.31. The quantitative estimate of drug-likeness (QED) is 0.620. The molecule has 1 fully saturated rings. The lowest BCUT2D eigenvalue weighted by molar-refractivity contribution is -0.0292. The van der Waals surface area contributed by atoms with Gasteiger partial charge >= 0.3 is 0 Å². The Morgan fingerprint density at radius 3 is 3.00 bits per heavy atom. The van der Waals surface area contributed by atoms with Crippen LogP contribution in [0.3, 0.4) is 0 Å². The van der Waals surface area contributed by atoms with Crippen molar-refractivity contribution in [1.82, 2.24) is 0 Å². The lowest BCUT2D eigenvalue weighted by atomic mass is 9.78. The van der Waals surface area contributed by atoms with E-state index in [9.17, 15) is 5.11 Å². The van der Waals surface area contributed by atoms with Gasteiger partial charge in [-0.1, -0.05) is 6.08 Å². The average molecular weight is 180 g/mol. The molecule has 0 bridgehead atoms. The molecule has 0 spiro atoms. The second-order valence-corrected chi connectivity index (χ2v) is 4.33. The first-order chi connectivity index (χ1) is 6.09. The molecule has 2 heteroatoms. The molecule has 2 rings (SSSR count). The Morgan fingerprint density at radius 2 is 2.23 bits per heavy atom. The first-order valence-corrected chi connectivity index (χ1v) is 4.84. The van der Waals surface area contributed by atoms with Crippen LogP contribution in [-0.2, 0) is 4.74 Å². The van der Waals surface area contributed by atoms with Crippen LogP contribution in [0.5, 0.6) is 0 Å². The SMILES string of the molecule is CC1(C)OCCC2CC(O)=CC=C21. The minimum absolute atomic E-state index is 0.139. The Labute approximate surface area is 78.9 Å². The number of aliphatic hydroxyl groups excluding tert-OH is 1. The molecule has 1 saturated heterocycles. The van der Waals surface area contributed by atoms with E-state index in [0.29, 0.717) is 11.7 Å². The maximum absolute atomic E-state index is 9.39. The highest BCUT2D eigenvalue weighted by molar-refractivity contribution is 5.30. The molecular formula is C11H16O2. The van der Waals surface area contributed by atoms with Crippen LogP contribution in [-0.4, -0.2) is 17.3 Å². The van der Waals surface area contributed by atoms with E-state index >= 15 is 0 Å². The summed E-state index contributed by atoms with van der Waals surface area (Å²) in [5.74, 6) is 1.00. The topological polar surface area (TPSA) is 29.5 Å². The van der Waals surface area contributed by atoms with Gasteiger partial charge in [-0.3, -0.25) is 0 Å². The molecule has 0 saturated carbocycles. The summed E-state index contributed by atoms with van der Waals surface area (Å²) in [5.41, 5.74) is 1.19. The van der Waals surface area contributed by atoms with Gasteiger partial charge in [-0.05, 0) is 37.8 Å². The normalized spacial score (nSPS) is 31.7. The predicted molar refractivity (Wildman–Crippen MR) is 51.5 cm³/mol. The fourth-order valence-corrected chi connectivity index (χ4v) is 2.24. The fourth-order valence-electron chi connectivity index (χ4n) is 2.24. The van der Waals surface area contributed by atoms with Crippen LogP contribution < -0.4 is 0 Å². The number of allylic oxidation sites excluding steroid dienone is 3. The fraction of sp³-hybridized carbons (Fsp3) is 0.636. The van der Waals surface area contributed by atoms with Crippen molar-refractivity contribution < 1.29 is 9.84 Å². The molecule has 1 N–H and O–H groups in total.